The minimum atomic E-state index is -1.01. The molecule has 0 amide bonds. The Bertz CT molecular complexity index is 489. The number of nitrogens with one attached hydrogen (secondary N) is 1. The lowest BCUT2D eigenvalue weighted by molar-refractivity contribution is -0.152. The molecule has 4 nitrogen and oxygen atoms in total. The van der Waals surface area contributed by atoms with Crippen LogP contribution in [0.3, 0.4) is 0 Å². The van der Waals surface area contributed by atoms with Crippen LogP contribution < -0.4 is 5.32 Å². The van der Waals surface area contributed by atoms with Crippen molar-refractivity contribution in [3.05, 3.63) is 29.3 Å². The lowest BCUT2D eigenvalue weighted by atomic mass is 9.81. The normalized spacial score (nSPS) is 25.8. The number of benzene rings is 1. The zero-order valence-corrected chi connectivity index (χ0v) is 11.8. The molecule has 1 aromatic carbocycles. The first-order chi connectivity index (χ1) is 8.83. The van der Waals surface area contributed by atoms with Crippen molar-refractivity contribution in [2.75, 3.05) is 11.9 Å². The molecular formula is C14H18ClNO3. The van der Waals surface area contributed by atoms with Gasteiger partial charge in [-0.3, -0.25) is 0 Å². The summed E-state index contributed by atoms with van der Waals surface area (Å²) in [7, 11) is 0. The average Bonchev–Trinajstić information content (AvgIpc) is 2.27. The molecule has 2 rings (SSSR count). The second-order valence-corrected chi connectivity index (χ2v) is 5.99. The van der Waals surface area contributed by atoms with Gasteiger partial charge >= 0.3 is 5.97 Å². The van der Waals surface area contributed by atoms with E-state index in [1.165, 1.54) is 0 Å². The number of halogens is 1. The number of hydrogen-bond donors (Lipinski definition) is 2. The molecule has 1 fully saturated rings. The highest BCUT2D eigenvalue weighted by molar-refractivity contribution is 6.30. The van der Waals surface area contributed by atoms with E-state index in [4.69, 9.17) is 16.3 Å². The molecule has 1 unspecified atom stereocenters. The summed E-state index contributed by atoms with van der Waals surface area (Å²) in [5, 5.41) is 13.3. The summed E-state index contributed by atoms with van der Waals surface area (Å²) in [5.74, 6) is -0.858. The van der Waals surface area contributed by atoms with E-state index in [1.807, 2.05) is 19.9 Å². The van der Waals surface area contributed by atoms with Crippen LogP contribution in [-0.4, -0.2) is 28.8 Å². The number of carboxylic acids is 1. The zero-order chi connectivity index (χ0) is 14.1. The van der Waals surface area contributed by atoms with Gasteiger partial charge in [-0.2, -0.15) is 0 Å². The van der Waals surface area contributed by atoms with Crippen LogP contribution in [-0.2, 0) is 9.53 Å². The van der Waals surface area contributed by atoms with E-state index in [1.54, 1.807) is 18.2 Å². The van der Waals surface area contributed by atoms with Crippen molar-refractivity contribution >= 4 is 23.3 Å². The van der Waals surface area contributed by atoms with Gasteiger partial charge in [0.15, 0.2) is 0 Å². The second-order valence-electron chi connectivity index (χ2n) is 5.56. The highest BCUT2D eigenvalue weighted by Crippen LogP contribution is 2.35. The minimum absolute atomic E-state index is 0.405. The second kappa shape index (κ2) is 5.02. The van der Waals surface area contributed by atoms with E-state index < -0.39 is 17.1 Å². The van der Waals surface area contributed by atoms with Crippen LogP contribution in [0.25, 0.3) is 0 Å². The maximum atomic E-state index is 11.7. The summed E-state index contributed by atoms with van der Waals surface area (Å²) in [6.45, 7) is 4.24. The summed E-state index contributed by atoms with van der Waals surface area (Å²) in [6.07, 6.45) is 0.833. The van der Waals surface area contributed by atoms with E-state index in [9.17, 15) is 9.90 Å². The third-order valence-corrected chi connectivity index (χ3v) is 3.60. The molecule has 1 heterocycles. The predicted octanol–water partition coefficient (Wildman–Crippen LogP) is 3.16. The topological polar surface area (TPSA) is 58.6 Å². The molecule has 19 heavy (non-hydrogen) atoms. The molecule has 0 radical (unpaired) electrons. The number of ether oxygens (including phenoxy) is 1. The smallest absolute Gasteiger partial charge is 0.329 e. The van der Waals surface area contributed by atoms with Crippen molar-refractivity contribution in [1.82, 2.24) is 0 Å². The Kier molecular flexibility index (Phi) is 3.74. The number of anilines is 1. The van der Waals surface area contributed by atoms with Gasteiger partial charge in [-0.25, -0.2) is 4.79 Å². The van der Waals surface area contributed by atoms with Crippen molar-refractivity contribution in [2.45, 2.75) is 37.8 Å². The average molecular weight is 284 g/mol. The molecule has 0 aliphatic carbocycles. The van der Waals surface area contributed by atoms with Gasteiger partial charge in [0, 0.05) is 23.6 Å². The van der Waals surface area contributed by atoms with Gasteiger partial charge in [-0.15, -0.1) is 0 Å². The van der Waals surface area contributed by atoms with E-state index in [2.05, 4.69) is 5.32 Å². The SMILES string of the molecule is CC1(C)CC(Nc2cccc(Cl)c2)(C(=O)O)CCO1. The third-order valence-electron chi connectivity index (χ3n) is 3.37. The summed E-state index contributed by atoms with van der Waals surface area (Å²) in [4.78, 5) is 11.7. The number of aliphatic carboxylic acids is 1. The molecule has 1 saturated heterocycles. The molecule has 104 valence electrons. The van der Waals surface area contributed by atoms with Crippen molar-refractivity contribution in [2.24, 2.45) is 0 Å². The van der Waals surface area contributed by atoms with E-state index in [-0.39, 0.29) is 0 Å². The van der Waals surface area contributed by atoms with Gasteiger partial charge in [-0.1, -0.05) is 17.7 Å². The van der Waals surface area contributed by atoms with Gasteiger partial charge < -0.3 is 15.2 Å². The number of carboxylic acid groups (broad SMARTS) is 1. The van der Waals surface area contributed by atoms with Gasteiger partial charge in [0.25, 0.3) is 0 Å². The lowest BCUT2D eigenvalue weighted by Gasteiger charge is -2.43. The quantitative estimate of drug-likeness (QED) is 0.894. The lowest BCUT2D eigenvalue weighted by Crippen LogP contribution is -2.55. The Morgan fingerprint density at radius 2 is 2.21 bits per heavy atom. The molecule has 0 saturated carbocycles. The van der Waals surface area contributed by atoms with Crippen molar-refractivity contribution in [1.29, 1.82) is 0 Å². The van der Waals surface area contributed by atoms with Gasteiger partial charge in [-0.05, 0) is 32.0 Å². The molecular weight excluding hydrogens is 266 g/mol. The van der Waals surface area contributed by atoms with Crippen LogP contribution in [0, 0.1) is 0 Å². The summed E-state index contributed by atoms with van der Waals surface area (Å²) < 4.78 is 5.60. The Morgan fingerprint density at radius 1 is 1.47 bits per heavy atom. The monoisotopic (exact) mass is 283 g/mol. The van der Waals surface area contributed by atoms with Crippen LogP contribution in [0.2, 0.25) is 5.02 Å². The number of carbonyl (C=O) groups is 1. The predicted molar refractivity (Wildman–Crippen MR) is 74.7 cm³/mol. The van der Waals surface area contributed by atoms with Crippen molar-refractivity contribution in [3.63, 3.8) is 0 Å². The first kappa shape index (κ1) is 14.2. The van der Waals surface area contributed by atoms with E-state index >= 15 is 0 Å². The molecule has 0 aromatic heterocycles. The molecule has 0 bridgehead atoms. The molecule has 1 atom stereocenters. The fraction of sp³-hybridized carbons (Fsp3) is 0.500. The van der Waals surface area contributed by atoms with Crippen LogP contribution >= 0.6 is 11.6 Å². The van der Waals surface area contributed by atoms with E-state index in [0.29, 0.717) is 30.2 Å². The van der Waals surface area contributed by atoms with Crippen LogP contribution in [0.5, 0.6) is 0 Å². The largest absolute Gasteiger partial charge is 0.480 e. The summed E-state index contributed by atoms with van der Waals surface area (Å²) >= 11 is 5.93. The molecule has 0 spiro atoms. The molecule has 2 N–H and O–H groups in total. The maximum Gasteiger partial charge on any atom is 0.329 e. The standard InChI is InChI=1S/C14H18ClNO3/c1-13(2)9-14(12(17)18,6-7-19-13)16-11-5-3-4-10(15)8-11/h3-5,8,16H,6-7,9H2,1-2H3,(H,17,18). The fourth-order valence-electron chi connectivity index (χ4n) is 2.55. The van der Waals surface area contributed by atoms with Crippen LogP contribution in [0.15, 0.2) is 24.3 Å². The minimum Gasteiger partial charge on any atom is -0.480 e. The number of hydrogen-bond acceptors (Lipinski definition) is 3. The Morgan fingerprint density at radius 3 is 2.79 bits per heavy atom. The molecule has 1 aliphatic rings. The molecule has 1 aromatic rings. The maximum absolute atomic E-state index is 11.7. The number of rotatable bonds is 3. The fourth-order valence-corrected chi connectivity index (χ4v) is 2.74. The molecule has 1 aliphatic heterocycles. The summed E-state index contributed by atoms with van der Waals surface area (Å²) in [5.41, 5.74) is -0.748. The molecule has 5 heteroatoms. The van der Waals surface area contributed by atoms with Crippen LogP contribution in [0.4, 0.5) is 5.69 Å². The highest BCUT2D eigenvalue weighted by atomic mass is 35.5. The van der Waals surface area contributed by atoms with Gasteiger partial charge in [0.1, 0.15) is 5.54 Å². The first-order valence-corrected chi connectivity index (χ1v) is 6.62. The summed E-state index contributed by atoms with van der Waals surface area (Å²) in [6, 6.07) is 7.10. The zero-order valence-electron chi connectivity index (χ0n) is 11.1. The Balaban J connectivity index is 2.28. The van der Waals surface area contributed by atoms with E-state index in [0.717, 1.165) is 0 Å². The van der Waals surface area contributed by atoms with Crippen molar-refractivity contribution < 1.29 is 14.6 Å². The van der Waals surface area contributed by atoms with Gasteiger partial charge in [0.2, 0.25) is 0 Å². The highest BCUT2D eigenvalue weighted by Gasteiger charge is 2.46. The van der Waals surface area contributed by atoms with Crippen molar-refractivity contribution in [3.8, 4) is 0 Å². The third kappa shape index (κ3) is 3.19. The Hall–Kier alpha value is -1.26. The first-order valence-electron chi connectivity index (χ1n) is 6.24. The Labute approximate surface area is 117 Å². The van der Waals surface area contributed by atoms with Gasteiger partial charge in [0.05, 0.1) is 12.2 Å². The van der Waals surface area contributed by atoms with Crippen LogP contribution in [0.1, 0.15) is 26.7 Å².